The molecule has 21 radical (unpaired) electrons. The molecule has 28 heteroatoms. The minimum Gasteiger partial charge on any atom is -0.396 e. The summed E-state index contributed by atoms with van der Waals surface area (Å²) in [6, 6.07) is 0. The number of hydrogen-bond acceptors (Lipinski definition) is 7. The van der Waals surface area contributed by atoms with Crippen LogP contribution < -0.4 is 63.4 Å². The van der Waals surface area contributed by atoms with E-state index in [1.54, 1.807) is 0 Å². The van der Waals surface area contributed by atoms with Gasteiger partial charge in [-0.25, -0.2) is 0 Å². The molecule has 1 saturated heterocycles. The largest absolute Gasteiger partial charge is 1.00 e. The fourth-order valence-corrected chi connectivity index (χ4v) is 6.61. The number of fused-ring (bicyclic) bond motifs is 1. The van der Waals surface area contributed by atoms with E-state index in [-0.39, 0.29) is 49.2 Å². The maximum absolute atomic E-state index is 9.84. The number of rotatable bonds is 10. The predicted octanol–water partition coefficient (Wildman–Crippen LogP) is -13.7. The van der Waals surface area contributed by atoms with Gasteiger partial charge in [0.05, 0.1) is 18.8 Å². The van der Waals surface area contributed by atoms with Crippen molar-refractivity contribution < 1.29 is 78.3 Å². The number of hydrogen-bond donors (Lipinski definition) is 2. The van der Waals surface area contributed by atoms with Gasteiger partial charge in [0.1, 0.15) is 20.1 Å². The first-order chi connectivity index (χ1) is 21.6. The second kappa shape index (κ2) is 27.9. The van der Waals surface area contributed by atoms with Gasteiger partial charge in [0.25, 0.3) is 0 Å². The van der Waals surface area contributed by atoms with Crippen molar-refractivity contribution in [2.75, 3.05) is 13.2 Å². The third kappa shape index (κ3) is 21.3. The van der Waals surface area contributed by atoms with E-state index in [4.69, 9.17) is 101 Å². The molecular weight excluding hydrogens is 720 g/mol. The number of allylic oxidation sites excluding steroid dienone is 2. The molecule has 7 nitrogen and oxygen atoms in total. The number of ether oxygens (including phenoxy) is 1. The molecule has 3 rings (SSSR count). The SMILES string of the molecule is C.CC1C=CC(C(C)CO)CC1.CC1CCC2C(C)COC2C1O.[B][B]B([B])B(B(B([B])[B])B([B])[B])B(B([B])[B])B([B])[B].[Na+].[O-][I+3]([O-])([O-])[O-]. The molecule has 8 unspecified atom stereocenters. The van der Waals surface area contributed by atoms with Crippen LogP contribution in [0.25, 0.3) is 0 Å². The molecule has 0 aromatic carbocycles. The molecule has 49 heavy (non-hydrogen) atoms. The molecule has 0 aromatic heterocycles. The van der Waals surface area contributed by atoms with Crippen molar-refractivity contribution in [2.24, 2.45) is 35.5 Å². The summed E-state index contributed by atoms with van der Waals surface area (Å²) < 4.78 is 40.1. The van der Waals surface area contributed by atoms with Gasteiger partial charge in [-0.05, 0) is 61.2 Å². The molecule has 231 valence electrons. The predicted molar refractivity (Wildman–Crippen MR) is 210 cm³/mol. The van der Waals surface area contributed by atoms with Crippen molar-refractivity contribution in [3.8, 4) is 0 Å². The second-order valence-corrected chi connectivity index (χ2v) is 15.6. The second-order valence-electron chi connectivity index (χ2n) is 13.4. The van der Waals surface area contributed by atoms with Crippen molar-refractivity contribution in [1.82, 2.24) is 0 Å². The zero-order valence-corrected chi connectivity index (χ0v) is 33.5. The van der Waals surface area contributed by atoms with Gasteiger partial charge in [0.15, 0.2) is 0 Å². The van der Waals surface area contributed by atoms with E-state index in [1.807, 2.05) is 0 Å². The Hall–Kier alpha value is 2.42. The van der Waals surface area contributed by atoms with Gasteiger partial charge in [-0.1, -0.05) is 47.3 Å². The van der Waals surface area contributed by atoms with E-state index in [0.29, 0.717) is 36.2 Å². The molecule has 1 aliphatic heterocycles. The van der Waals surface area contributed by atoms with Crippen molar-refractivity contribution in [3.05, 3.63) is 12.2 Å². The minimum absolute atomic E-state index is 0. The van der Waals surface area contributed by atoms with Crippen molar-refractivity contribution >= 4 is 136 Å². The molecule has 1 saturated carbocycles. The summed E-state index contributed by atoms with van der Waals surface area (Å²) in [5.74, 6) is 3.51. The van der Waals surface area contributed by atoms with Crippen LogP contribution in [0.2, 0.25) is 0 Å². The summed E-state index contributed by atoms with van der Waals surface area (Å²) in [6.07, 6.45) is 3.69. The fraction of sp³-hybridized carbons (Fsp3) is 0.905. The normalized spacial score (nSPS) is 25.5. The van der Waals surface area contributed by atoms with Crippen molar-refractivity contribution in [3.63, 3.8) is 0 Å². The molecule has 0 spiro atoms. The van der Waals surface area contributed by atoms with Crippen LogP contribution in [0.3, 0.4) is 0 Å². The van der Waals surface area contributed by atoms with Crippen LogP contribution in [0.5, 0.6) is 0 Å². The Labute approximate surface area is 344 Å². The fourth-order valence-electron chi connectivity index (χ4n) is 6.61. The number of halogens is 1. The Kier molecular flexibility index (Phi) is 31.8. The Morgan fingerprint density at radius 3 is 1.59 bits per heavy atom. The van der Waals surface area contributed by atoms with E-state index in [2.05, 4.69) is 39.8 Å². The van der Waals surface area contributed by atoms with Crippen molar-refractivity contribution in [1.29, 1.82) is 0 Å². The van der Waals surface area contributed by atoms with Crippen molar-refractivity contribution in [2.45, 2.75) is 73.0 Å². The van der Waals surface area contributed by atoms with Crippen LogP contribution in [0, 0.1) is 35.5 Å². The molecule has 2 fully saturated rings. The maximum Gasteiger partial charge on any atom is 1.00 e. The standard InChI is InChI=1S/C10H18O2.C10H18O.CH4.B19.IO4.Na/c1-6-3-4-8-7(2)5-12-10(8)9(6)11;1-8-3-5-10(6-4-8)9(2)7-11;;1-11-16(10)19(17(12(2)3)13(4)5)18(14(6)7)15(8)9;2-1(3,4)5;/h6-11H,3-5H2,1-2H3;3,5,8-11H,4,6-7H2,1-2H3;1H4;;;/q;;;;-1;+1. The van der Waals surface area contributed by atoms with Gasteiger partial charge in [0, 0.05) is 142 Å². The monoisotopic (exact) mass is 763 g/mol. The molecule has 0 amide bonds. The van der Waals surface area contributed by atoms with Crippen LogP contribution >= 0.6 is 0 Å². The minimum atomic E-state index is -5.94. The van der Waals surface area contributed by atoms with Gasteiger partial charge in [-0.15, -0.1) is 0 Å². The molecule has 0 aromatic rings. The zero-order chi connectivity index (χ0) is 36.8. The van der Waals surface area contributed by atoms with E-state index >= 15 is 0 Å². The Morgan fingerprint density at radius 1 is 0.796 bits per heavy atom. The average molecular weight is 760 g/mol. The average Bonchev–Trinajstić information content (AvgIpc) is 3.34. The molecule has 3 aliphatic rings. The summed E-state index contributed by atoms with van der Waals surface area (Å²) in [5.41, 5.74) is 0. The first-order valence-electron chi connectivity index (χ1n) is 16.1. The number of aliphatic hydroxyl groups excluding tert-OH is 2. The summed E-state index contributed by atoms with van der Waals surface area (Å²) in [5, 5.41) is 18.8. The maximum atomic E-state index is 9.84. The molecule has 2 N–H and O–H groups in total. The first kappa shape index (κ1) is 55.8. The summed E-state index contributed by atoms with van der Waals surface area (Å²) in [4.78, 5) is 0. The molecule has 2 aliphatic carbocycles. The van der Waals surface area contributed by atoms with Crippen LogP contribution in [-0.4, -0.2) is 171 Å². The summed E-state index contributed by atoms with van der Waals surface area (Å²) in [6.45, 7) is 9.88. The van der Waals surface area contributed by atoms with Gasteiger partial charge in [-0.3, -0.25) is 13.7 Å². The molecule has 0 bridgehead atoms. The van der Waals surface area contributed by atoms with E-state index < -0.39 is 71.2 Å². The van der Waals surface area contributed by atoms with E-state index in [9.17, 15) is 5.11 Å². The van der Waals surface area contributed by atoms with E-state index in [0.717, 1.165) is 18.9 Å². The molecular formula is C21H40B19INaO7. The van der Waals surface area contributed by atoms with Crippen LogP contribution in [0.15, 0.2) is 12.2 Å². The smallest absolute Gasteiger partial charge is 0.396 e. The molecule has 1 heterocycles. The first-order valence-corrected chi connectivity index (χ1v) is 19.7. The van der Waals surface area contributed by atoms with E-state index in [1.165, 1.54) is 26.3 Å². The summed E-state index contributed by atoms with van der Waals surface area (Å²) >= 11 is -5.94. The third-order valence-corrected chi connectivity index (χ3v) is 9.57. The molecule has 8 atom stereocenters. The van der Waals surface area contributed by atoms with Crippen LogP contribution in [0.1, 0.15) is 60.8 Å². The number of aliphatic hydroxyl groups is 2. The summed E-state index contributed by atoms with van der Waals surface area (Å²) in [7, 11) is 58.4. The van der Waals surface area contributed by atoms with Crippen LogP contribution in [-0.2, 0) is 4.74 Å². The van der Waals surface area contributed by atoms with Gasteiger partial charge < -0.3 is 14.9 Å². The zero-order valence-electron chi connectivity index (χ0n) is 29.3. The van der Waals surface area contributed by atoms with Gasteiger partial charge in [-0.2, -0.15) is 0 Å². The van der Waals surface area contributed by atoms with Gasteiger partial charge in [0.2, 0.25) is 0 Å². The quantitative estimate of drug-likeness (QED) is 0.128. The van der Waals surface area contributed by atoms with Gasteiger partial charge >= 0.3 is 29.6 Å². The van der Waals surface area contributed by atoms with Crippen LogP contribution in [0.4, 0.5) is 0 Å². The Bertz CT molecular complexity index is 832. The topological polar surface area (TPSA) is 142 Å². The Balaban J connectivity index is -0.000000613. The third-order valence-electron chi connectivity index (χ3n) is 9.57. The Morgan fingerprint density at radius 2 is 1.24 bits per heavy atom.